The Kier molecular flexibility index (Phi) is 4.96. The van der Waals surface area contributed by atoms with Gasteiger partial charge in [0, 0.05) is 11.6 Å². The molecule has 2 rings (SSSR count). The van der Waals surface area contributed by atoms with Gasteiger partial charge in [0.15, 0.2) is 0 Å². The van der Waals surface area contributed by atoms with Gasteiger partial charge in [0.1, 0.15) is 0 Å². The van der Waals surface area contributed by atoms with E-state index in [1.54, 1.807) is 0 Å². The molecule has 2 amide bonds. The van der Waals surface area contributed by atoms with Crippen molar-refractivity contribution in [2.24, 2.45) is 5.73 Å². The standard InChI is InChI=1S/C14H17Cl2N3O2/c15-10-5-8(6-11(16)13(10)18)14(21)19(7-12(17)20)9-3-1-2-4-9/h5-6,9H,1-4,7,18H2,(H2,17,20). The molecule has 0 radical (unpaired) electrons. The predicted octanol–water partition coefficient (Wildman–Crippen LogP) is 2.45. The first-order valence-electron chi connectivity index (χ1n) is 6.74. The van der Waals surface area contributed by atoms with E-state index in [2.05, 4.69) is 0 Å². The molecule has 0 aliphatic heterocycles. The van der Waals surface area contributed by atoms with E-state index in [9.17, 15) is 9.59 Å². The van der Waals surface area contributed by atoms with Gasteiger partial charge in [0.05, 0.1) is 22.3 Å². The molecule has 4 N–H and O–H groups in total. The number of hydrogen-bond acceptors (Lipinski definition) is 3. The van der Waals surface area contributed by atoms with Crippen LogP contribution in [0, 0.1) is 0 Å². The molecule has 1 aromatic carbocycles. The summed E-state index contributed by atoms with van der Waals surface area (Å²) in [7, 11) is 0. The summed E-state index contributed by atoms with van der Waals surface area (Å²) in [5.74, 6) is -0.840. The molecule has 0 saturated heterocycles. The maximum absolute atomic E-state index is 12.6. The maximum atomic E-state index is 12.6. The minimum absolute atomic E-state index is 0.0279. The Morgan fingerprint density at radius 2 is 1.71 bits per heavy atom. The van der Waals surface area contributed by atoms with Gasteiger partial charge in [-0.05, 0) is 25.0 Å². The van der Waals surface area contributed by atoms with Gasteiger partial charge in [-0.15, -0.1) is 0 Å². The fourth-order valence-corrected chi connectivity index (χ4v) is 3.11. The van der Waals surface area contributed by atoms with Gasteiger partial charge in [-0.3, -0.25) is 9.59 Å². The van der Waals surface area contributed by atoms with E-state index in [1.165, 1.54) is 17.0 Å². The van der Waals surface area contributed by atoms with Gasteiger partial charge in [0.2, 0.25) is 5.91 Å². The number of rotatable bonds is 4. The Bertz CT molecular complexity index is 548. The van der Waals surface area contributed by atoms with Crippen molar-refractivity contribution in [1.82, 2.24) is 4.90 Å². The van der Waals surface area contributed by atoms with Gasteiger partial charge in [-0.1, -0.05) is 36.0 Å². The largest absolute Gasteiger partial charge is 0.396 e. The van der Waals surface area contributed by atoms with Crippen molar-refractivity contribution < 1.29 is 9.59 Å². The SMILES string of the molecule is NC(=O)CN(C(=O)c1cc(Cl)c(N)c(Cl)c1)C1CCCC1. The minimum atomic E-state index is -0.539. The molecular formula is C14H17Cl2N3O2. The Morgan fingerprint density at radius 1 is 1.19 bits per heavy atom. The Labute approximate surface area is 133 Å². The lowest BCUT2D eigenvalue weighted by Gasteiger charge is -2.28. The van der Waals surface area contributed by atoms with Gasteiger partial charge >= 0.3 is 0 Å². The number of anilines is 1. The highest BCUT2D eigenvalue weighted by Crippen LogP contribution is 2.31. The summed E-state index contributed by atoms with van der Waals surface area (Å²) in [6, 6.07) is 2.96. The molecule has 0 atom stereocenters. The first-order chi connectivity index (χ1) is 9.90. The zero-order valence-corrected chi connectivity index (χ0v) is 13.0. The second-order valence-electron chi connectivity index (χ2n) is 5.19. The second-order valence-corrected chi connectivity index (χ2v) is 6.01. The van der Waals surface area contributed by atoms with Crippen molar-refractivity contribution >= 4 is 40.7 Å². The summed E-state index contributed by atoms with van der Waals surface area (Å²) < 4.78 is 0. The zero-order chi connectivity index (χ0) is 15.6. The van der Waals surface area contributed by atoms with Crippen molar-refractivity contribution in [3.05, 3.63) is 27.7 Å². The average Bonchev–Trinajstić information content (AvgIpc) is 2.94. The van der Waals surface area contributed by atoms with Crippen molar-refractivity contribution in [3.8, 4) is 0 Å². The number of nitrogens with two attached hydrogens (primary N) is 2. The normalized spacial score (nSPS) is 15.1. The number of benzene rings is 1. The van der Waals surface area contributed by atoms with Crippen LogP contribution in [0.25, 0.3) is 0 Å². The van der Waals surface area contributed by atoms with Crippen LogP contribution in [-0.4, -0.2) is 29.3 Å². The molecule has 0 spiro atoms. The number of carbonyl (C=O) groups is 2. The van der Waals surface area contributed by atoms with Crippen molar-refractivity contribution in [1.29, 1.82) is 0 Å². The molecule has 0 aromatic heterocycles. The van der Waals surface area contributed by atoms with Gasteiger partial charge < -0.3 is 16.4 Å². The molecule has 0 unspecified atom stereocenters. The molecule has 7 heteroatoms. The smallest absolute Gasteiger partial charge is 0.254 e. The van der Waals surface area contributed by atoms with E-state index < -0.39 is 5.91 Å². The van der Waals surface area contributed by atoms with Crippen molar-refractivity contribution in [2.45, 2.75) is 31.7 Å². The lowest BCUT2D eigenvalue weighted by molar-refractivity contribution is -0.119. The number of nitrogens with zero attached hydrogens (tertiary/aromatic N) is 1. The van der Waals surface area contributed by atoms with Crippen LogP contribution in [0.3, 0.4) is 0 Å². The lowest BCUT2D eigenvalue weighted by atomic mass is 10.1. The molecule has 21 heavy (non-hydrogen) atoms. The summed E-state index contributed by atoms with van der Waals surface area (Å²) in [6.45, 7) is -0.108. The number of carbonyl (C=O) groups excluding carboxylic acids is 2. The second kappa shape index (κ2) is 6.54. The molecule has 0 heterocycles. The summed E-state index contributed by atoms with van der Waals surface area (Å²) in [6.07, 6.45) is 3.82. The summed E-state index contributed by atoms with van der Waals surface area (Å²) in [5.41, 5.74) is 11.5. The third-order valence-corrected chi connectivity index (χ3v) is 4.30. The van der Waals surface area contributed by atoms with Gasteiger partial charge in [0.25, 0.3) is 5.91 Å². The zero-order valence-electron chi connectivity index (χ0n) is 11.4. The fraction of sp³-hybridized carbons (Fsp3) is 0.429. The van der Waals surface area contributed by atoms with E-state index >= 15 is 0 Å². The third kappa shape index (κ3) is 3.60. The minimum Gasteiger partial charge on any atom is -0.396 e. The molecular weight excluding hydrogens is 313 g/mol. The van der Waals surface area contributed by atoms with Crippen LogP contribution in [0.5, 0.6) is 0 Å². The van der Waals surface area contributed by atoms with Crippen LogP contribution >= 0.6 is 23.2 Å². The number of hydrogen-bond donors (Lipinski definition) is 2. The quantitative estimate of drug-likeness (QED) is 0.831. The topological polar surface area (TPSA) is 89.4 Å². The molecule has 1 aliphatic carbocycles. The molecule has 1 saturated carbocycles. The van der Waals surface area contributed by atoms with Crippen LogP contribution in [0.15, 0.2) is 12.1 Å². The average molecular weight is 330 g/mol. The highest BCUT2D eigenvalue weighted by Gasteiger charge is 2.29. The van der Waals surface area contributed by atoms with E-state index in [4.69, 9.17) is 34.7 Å². The Hall–Kier alpha value is -1.46. The van der Waals surface area contributed by atoms with E-state index in [1.807, 2.05) is 0 Å². The Morgan fingerprint density at radius 3 is 2.19 bits per heavy atom. The van der Waals surface area contributed by atoms with E-state index in [0.717, 1.165) is 25.7 Å². The third-order valence-electron chi connectivity index (χ3n) is 3.68. The monoisotopic (exact) mass is 329 g/mol. The number of primary amides is 1. The van der Waals surface area contributed by atoms with Crippen LogP contribution in [-0.2, 0) is 4.79 Å². The highest BCUT2D eigenvalue weighted by molar-refractivity contribution is 6.39. The van der Waals surface area contributed by atoms with Crippen LogP contribution in [0.1, 0.15) is 36.0 Å². The highest BCUT2D eigenvalue weighted by atomic mass is 35.5. The van der Waals surface area contributed by atoms with Crippen LogP contribution in [0.2, 0.25) is 10.0 Å². The molecule has 5 nitrogen and oxygen atoms in total. The number of halogens is 2. The Balaban J connectivity index is 2.31. The summed E-state index contributed by atoms with van der Waals surface area (Å²) in [5, 5.41) is 0.438. The molecule has 1 aromatic rings. The predicted molar refractivity (Wildman–Crippen MR) is 83.4 cm³/mol. The first kappa shape index (κ1) is 15.9. The van der Waals surface area contributed by atoms with Crippen LogP contribution in [0.4, 0.5) is 5.69 Å². The first-order valence-corrected chi connectivity index (χ1v) is 7.49. The molecule has 0 bridgehead atoms. The van der Waals surface area contributed by atoms with Crippen molar-refractivity contribution in [3.63, 3.8) is 0 Å². The van der Waals surface area contributed by atoms with Crippen LogP contribution < -0.4 is 11.5 Å². The molecule has 114 valence electrons. The fourth-order valence-electron chi connectivity index (χ4n) is 2.62. The molecule has 1 aliphatic rings. The lowest BCUT2D eigenvalue weighted by Crippen LogP contribution is -2.44. The number of amides is 2. The van der Waals surface area contributed by atoms with Gasteiger partial charge in [-0.2, -0.15) is 0 Å². The maximum Gasteiger partial charge on any atom is 0.254 e. The van der Waals surface area contributed by atoms with Crippen molar-refractivity contribution in [2.75, 3.05) is 12.3 Å². The number of nitrogen functional groups attached to an aromatic ring is 1. The summed E-state index contributed by atoms with van der Waals surface area (Å²) in [4.78, 5) is 25.4. The van der Waals surface area contributed by atoms with Gasteiger partial charge in [-0.25, -0.2) is 0 Å². The summed E-state index contributed by atoms with van der Waals surface area (Å²) >= 11 is 11.9. The van der Waals surface area contributed by atoms with E-state index in [-0.39, 0.29) is 34.2 Å². The van der Waals surface area contributed by atoms with E-state index in [0.29, 0.717) is 5.56 Å². The molecule has 1 fully saturated rings.